The molecule has 1 aromatic carbocycles. The van der Waals surface area contributed by atoms with Gasteiger partial charge in [0.1, 0.15) is 5.82 Å². The molecule has 134 valence electrons. The summed E-state index contributed by atoms with van der Waals surface area (Å²) < 4.78 is 1.29. The maximum Gasteiger partial charge on any atom is 0.262 e. The molecule has 0 fully saturated rings. The molecule has 0 radical (unpaired) electrons. The third-order valence-corrected chi connectivity index (χ3v) is 4.62. The van der Waals surface area contributed by atoms with Gasteiger partial charge in [0.25, 0.3) is 17.4 Å². The van der Waals surface area contributed by atoms with Gasteiger partial charge >= 0.3 is 0 Å². The van der Waals surface area contributed by atoms with Crippen molar-refractivity contribution >= 4 is 17.6 Å². The molecule has 3 N–H and O–H groups in total. The molecular weight excluding hydrogens is 344 g/mol. The number of pyridine rings is 2. The number of carbonyl (C=O) groups excluding carboxylic acids is 2. The number of carbonyl (C=O) groups is 2. The number of rotatable bonds is 4. The van der Waals surface area contributed by atoms with E-state index in [1.54, 1.807) is 24.5 Å². The number of hydrogen-bond donors (Lipinski definition) is 2. The van der Waals surface area contributed by atoms with Crippen molar-refractivity contribution in [2.24, 2.45) is 0 Å². The van der Waals surface area contributed by atoms with E-state index in [1.807, 2.05) is 24.3 Å². The highest BCUT2D eigenvalue weighted by Crippen LogP contribution is 2.25. The first-order chi connectivity index (χ1) is 13.1. The van der Waals surface area contributed by atoms with Gasteiger partial charge in [-0.05, 0) is 42.2 Å². The van der Waals surface area contributed by atoms with Crippen LogP contribution in [0.4, 0.5) is 5.82 Å². The minimum absolute atomic E-state index is 0.0213. The van der Waals surface area contributed by atoms with Crippen molar-refractivity contribution in [2.75, 3.05) is 5.73 Å². The van der Waals surface area contributed by atoms with Crippen LogP contribution in [0.15, 0.2) is 59.7 Å². The Morgan fingerprint density at radius 3 is 2.48 bits per heavy atom. The van der Waals surface area contributed by atoms with Crippen LogP contribution >= 0.6 is 0 Å². The molecule has 0 saturated carbocycles. The van der Waals surface area contributed by atoms with Crippen molar-refractivity contribution < 1.29 is 9.59 Å². The summed E-state index contributed by atoms with van der Waals surface area (Å²) in [7, 11) is 0. The van der Waals surface area contributed by atoms with Gasteiger partial charge < -0.3 is 5.73 Å². The van der Waals surface area contributed by atoms with Crippen molar-refractivity contribution in [2.45, 2.75) is 12.8 Å². The first-order valence-electron chi connectivity index (χ1n) is 8.44. The van der Waals surface area contributed by atoms with Crippen LogP contribution in [-0.2, 0) is 12.8 Å². The van der Waals surface area contributed by atoms with Gasteiger partial charge in [0.05, 0.1) is 16.8 Å². The van der Waals surface area contributed by atoms with Crippen LogP contribution in [0.3, 0.4) is 0 Å². The summed E-state index contributed by atoms with van der Waals surface area (Å²) >= 11 is 0. The van der Waals surface area contributed by atoms with Crippen LogP contribution in [0, 0.1) is 0 Å². The number of nitrogens with one attached hydrogen (secondary N) is 1. The van der Waals surface area contributed by atoms with Gasteiger partial charge in [0, 0.05) is 18.5 Å². The van der Waals surface area contributed by atoms with Crippen LogP contribution in [0.5, 0.6) is 0 Å². The highest BCUT2D eigenvalue weighted by Gasteiger charge is 2.32. The van der Waals surface area contributed by atoms with E-state index in [2.05, 4.69) is 10.3 Å². The number of para-hydroxylation sites is 1. The maximum absolute atomic E-state index is 12.7. The van der Waals surface area contributed by atoms with Crippen LogP contribution in [0.2, 0.25) is 0 Å². The molecule has 2 aromatic heterocycles. The van der Waals surface area contributed by atoms with Gasteiger partial charge in [0.15, 0.2) is 0 Å². The molecular formula is C20H16N4O3. The molecule has 0 bridgehead atoms. The van der Waals surface area contributed by atoms with E-state index in [0.29, 0.717) is 12.1 Å². The monoisotopic (exact) mass is 360 g/mol. The number of benzene rings is 1. The Morgan fingerprint density at radius 1 is 0.963 bits per heavy atom. The Morgan fingerprint density at radius 2 is 1.70 bits per heavy atom. The Kier molecular flexibility index (Phi) is 4.04. The summed E-state index contributed by atoms with van der Waals surface area (Å²) in [5.41, 5.74) is 8.39. The van der Waals surface area contributed by atoms with Gasteiger partial charge in [-0.15, -0.1) is 0 Å². The first kappa shape index (κ1) is 16.7. The van der Waals surface area contributed by atoms with Crippen LogP contribution in [0.25, 0.3) is 5.69 Å². The van der Waals surface area contributed by atoms with Gasteiger partial charge in [-0.3, -0.25) is 29.3 Å². The van der Waals surface area contributed by atoms with Crippen LogP contribution < -0.4 is 16.6 Å². The largest absolute Gasteiger partial charge is 0.384 e. The van der Waals surface area contributed by atoms with Gasteiger partial charge in [0.2, 0.25) is 0 Å². The Balaban J connectivity index is 1.79. The second-order valence-corrected chi connectivity index (χ2v) is 6.26. The van der Waals surface area contributed by atoms with Gasteiger partial charge in [-0.2, -0.15) is 0 Å². The lowest BCUT2D eigenvalue weighted by Crippen LogP contribution is -2.25. The van der Waals surface area contributed by atoms with Crippen molar-refractivity contribution in [3.8, 4) is 5.69 Å². The standard InChI is InChI=1S/C20H16N4O3/c21-18-17-14(19(26)23-20(17)27)11-16(25)24(18)15-4-2-1-3-13(15)6-5-12-7-9-22-10-8-12/h1-4,7-11H,5-6,21H2,(H,23,26,27). The Bertz CT molecular complexity index is 1120. The number of amides is 2. The minimum Gasteiger partial charge on any atom is -0.384 e. The summed E-state index contributed by atoms with van der Waals surface area (Å²) in [6.45, 7) is 0. The highest BCUT2D eigenvalue weighted by molar-refractivity contribution is 6.23. The third kappa shape index (κ3) is 2.89. The number of nitrogens with zero attached hydrogens (tertiary/aromatic N) is 2. The SMILES string of the molecule is Nc1c2c(cc(=O)n1-c1ccccc1CCc1ccncc1)C(=O)NC2=O. The average Bonchev–Trinajstić information content (AvgIpc) is 2.95. The number of fused-ring (bicyclic) bond motifs is 1. The summed E-state index contributed by atoms with van der Waals surface area (Å²) in [4.78, 5) is 40.5. The normalized spacial score (nSPS) is 12.7. The zero-order valence-electron chi connectivity index (χ0n) is 14.3. The molecule has 7 nitrogen and oxygen atoms in total. The summed E-state index contributed by atoms with van der Waals surface area (Å²) in [6.07, 6.45) is 4.91. The fourth-order valence-electron chi connectivity index (χ4n) is 3.30. The molecule has 1 aliphatic heterocycles. The van der Waals surface area contributed by atoms with E-state index < -0.39 is 17.4 Å². The summed E-state index contributed by atoms with van der Waals surface area (Å²) in [5.74, 6) is -1.22. The predicted octanol–water partition coefficient (Wildman–Crippen LogP) is 1.48. The zero-order chi connectivity index (χ0) is 19.0. The topological polar surface area (TPSA) is 107 Å². The van der Waals surface area contributed by atoms with Gasteiger partial charge in [-0.1, -0.05) is 18.2 Å². The van der Waals surface area contributed by atoms with Crippen molar-refractivity contribution in [3.63, 3.8) is 0 Å². The number of imide groups is 1. The second-order valence-electron chi connectivity index (χ2n) is 6.26. The van der Waals surface area contributed by atoms with E-state index in [4.69, 9.17) is 5.73 Å². The van der Waals surface area contributed by atoms with Gasteiger partial charge in [-0.25, -0.2) is 0 Å². The molecule has 27 heavy (non-hydrogen) atoms. The van der Waals surface area contributed by atoms with E-state index in [1.165, 1.54) is 4.57 Å². The fourth-order valence-corrected chi connectivity index (χ4v) is 3.30. The molecule has 0 atom stereocenters. The quantitative estimate of drug-likeness (QED) is 0.686. The van der Waals surface area contributed by atoms with Crippen LogP contribution in [0.1, 0.15) is 31.8 Å². The Labute approximate surface area is 154 Å². The molecule has 0 spiro atoms. The number of nitrogens with two attached hydrogens (primary N) is 1. The number of aryl methyl sites for hydroxylation is 2. The van der Waals surface area contributed by atoms with E-state index in [-0.39, 0.29) is 16.9 Å². The number of hydrogen-bond acceptors (Lipinski definition) is 5. The lowest BCUT2D eigenvalue weighted by Gasteiger charge is -2.15. The van der Waals surface area contributed by atoms with Crippen molar-refractivity contribution in [3.05, 3.63) is 87.5 Å². The minimum atomic E-state index is -0.600. The molecule has 3 heterocycles. The van der Waals surface area contributed by atoms with Crippen molar-refractivity contribution in [1.82, 2.24) is 14.9 Å². The van der Waals surface area contributed by atoms with E-state index in [9.17, 15) is 14.4 Å². The highest BCUT2D eigenvalue weighted by atomic mass is 16.2. The Hall–Kier alpha value is -3.74. The predicted molar refractivity (Wildman–Crippen MR) is 99.9 cm³/mol. The number of anilines is 1. The molecule has 7 heteroatoms. The molecule has 0 unspecified atom stereocenters. The summed E-state index contributed by atoms with van der Waals surface area (Å²) in [6, 6.07) is 12.4. The molecule has 4 rings (SSSR count). The lowest BCUT2D eigenvalue weighted by atomic mass is 10.0. The number of aromatic nitrogens is 2. The second kappa shape index (κ2) is 6.53. The van der Waals surface area contributed by atoms with Crippen LogP contribution in [-0.4, -0.2) is 21.4 Å². The zero-order valence-corrected chi connectivity index (χ0v) is 14.3. The van der Waals surface area contributed by atoms with E-state index >= 15 is 0 Å². The molecule has 1 aliphatic rings. The maximum atomic E-state index is 12.7. The average molecular weight is 360 g/mol. The molecule has 2 amide bonds. The van der Waals surface area contributed by atoms with Crippen molar-refractivity contribution in [1.29, 1.82) is 0 Å². The first-order valence-corrected chi connectivity index (χ1v) is 8.44. The molecule has 0 aliphatic carbocycles. The fraction of sp³-hybridized carbons (Fsp3) is 0.100. The third-order valence-electron chi connectivity index (χ3n) is 4.62. The smallest absolute Gasteiger partial charge is 0.262 e. The molecule has 0 saturated heterocycles. The number of nitrogen functional groups attached to an aromatic ring is 1. The van der Waals surface area contributed by atoms with E-state index in [0.717, 1.165) is 23.6 Å². The molecule has 3 aromatic rings. The lowest BCUT2D eigenvalue weighted by molar-refractivity contribution is 0.0880. The summed E-state index contributed by atoms with van der Waals surface area (Å²) in [5, 5.41) is 2.17.